The van der Waals surface area contributed by atoms with Gasteiger partial charge in [0.05, 0.1) is 18.2 Å². The minimum Gasteiger partial charge on any atom is -0.461 e. The molecule has 0 aliphatic carbocycles. The van der Waals surface area contributed by atoms with Gasteiger partial charge in [-0.1, -0.05) is 0 Å². The molecule has 0 amide bonds. The van der Waals surface area contributed by atoms with Gasteiger partial charge in [-0.2, -0.15) is 0 Å². The predicted molar refractivity (Wildman–Crippen MR) is 51.6 cm³/mol. The van der Waals surface area contributed by atoms with Crippen LogP contribution >= 0.6 is 0 Å². The van der Waals surface area contributed by atoms with E-state index in [1.165, 1.54) is 5.69 Å². The average Bonchev–Trinajstić information content (AvgIpc) is 2.85. The second-order valence-corrected chi connectivity index (χ2v) is 3.38. The largest absolute Gasteiger partial charge is 0.461 e. The Kier molecular flexibility index (Phi) is 1.67. The van der Waals surface area contributed by atoms with Crippen LogP contribution in [-0.4, -0.2) is 16.1 Å². The molecule has 2 aromatic rings. The molecule has 0 unspecified atom stereocenters. The van der Waals surface area contributed by atoms with Gasteiger partial charge in [-0.05, 0) is 12.1 Å². The van der Waals surface area contributed by atoms with Gasteiger partial charge in [0.1, 0.15) is 0 Å². The van der Waals surface area contributed by atoms with E-state index in [2.05, 4.69) is 14.9 Å². The number of hydrogen-bond acceptors (Lipinski definition) is 3. The first-order valence-electron chi connectivity index (χ1n) is 4.74. The molecule has 0 spiro atoms. The summed E-state index contributed by atoms with van der Waals surface area (Å²) >= 11 is 0. The van der Waals surface area contributed by atoms with E-state index in [-0.39, 0.29) is 0 Å². The molecule has 4 heteroatoms. The molecule has 1 aliphatic rings. The zero-order valence-corrected chi connectivity index (χ0v) is 7.73. The van der Waals surface area contributed by atoms with Crippen LogP contribution in [0.4, 0.5) is 0 Å². The Balaban J connectivity index is 2.11. The van der Waals surface area contributed by atoms with Crippen molar-refractivity contribution in [2.24, 2.45) is 0 Å². The Hall–Kier alpha value is -1.55. The second kappa shape index (κ2) is 2.99. The van der Waals surface area contributed by atoms with Gasteiger partial charge in [-0.25, -0.2) is 4.98 Å². The number of fused-ring (bicyclic) bond motifs is 1. The Labute approximate surface area is 81.6 Å². The average molecular weight is 189 g/mol. The van der Waals surface area contributed by atoms with Crippen LogP contribution in [0.2, 0.25) is 0 Å². The molecule has 3 rings (SSSR count). The lowest BCUT2D eigenvalue weighted by atomic mass is 10.3. The highest BCUT2D eigenvalue weighted by Crippen LogP contribution is 2.21. The smallest absolute Gasteiger partial charge is 0.176 e. The van der Waals surface area contributed by atoms with Crippen molar-refractivity contribution in [3.8, 4) is 11.6 Å². The maximum absolute atomic E-state index is 5.34. The lowest BCUT2D eigenvalue weighted by Gasteiger charge is -2.16. The second-order valence-electron chi connectivity index (χ2n) is 3.38. The minimum atomic E-state index is 0.846. The van der Waals surface area contributed by atoms with E-state index in [1.807, 2.05) is 18.3 Å². The van der Waals surface area contributed by atoms with Gasteiger partial charge in [0.25, 0.3) is 0 Å². The van der Waals surface area contributed by atoms with Gasteiger partial charge in [0.2, 0.25) is 0 Å². The van der Waals surface area contributed by atoms with Gasteiger partial charge in [0.15, 0.2) is 11.6 Å². The quantitative estimate of drug-likeness (QED) is 0.734. The van der Waals surface area contributed by atoms with Crippen molar-refractivity contribution in [3.05, 3.63) is 30.3 Å². The summed E-state index contributed by atoms with van der Waals surface area (Å²) in [5, 5.41) is 3.31. The summed E-state index contributed by atoms with van der Waals surface area (Å²) in [7, 11) is 0. The van der Waals surface area contributed by atoms with Crippen LogP contribution < -0.4 is 5.32 Å². The summed E-state index contributed by atoms with van der Waals surface area (Å²) in [4.78, 5) is 4.37. The minimum absolute atomic E-state index is 0.846. The highest BCUT2D eigenvalue weighted by molar-refractivity contribution is 5.48. The first kappa shape index (κ1) is 7.82. The molecule has 3 heterocycles. The molecule has 1 aliphatic heterocycles. The topological polar surface area (TPSA) is 43.0 Å². The van der Waals surface area contributed by atoms with E-state index < -0.39 is 0 Å². The van der Waals surface area contributed by atoms with Crippen LogP contribution in [0, 0.1) is 0 Å². The molecule has 72 valence electrons. The zero-order valence-electron chi connectivity index (χ0n) is 7.73. The SMILES string of the molecule is c1coc(-c2ncc3n2CCNC3)c1. The summed E-state index contributed by atoms with van der Waals surface area (Å²) in [6.45, 7) is 2.86. The van der Waals surface area contributed by atoms with Gasteiger partial charge >= 0.3 is 0 Å². The molecule has 0 fully saturated rings. The molecule has 1 N–H and O–H groups in total. The molecule has 14 heavy (non-hydrogen) atoms. The monoisotopic (exact) mass is 189 g/mol. The molecule has 0 saturated heterocycles. The van der Waals surface area contributed by atoms with Crippen molar-refractivity contribution in [1.82, 2.24) is 14.9 Å². The standard InChI is InChI=1S/C10H11N3O/c1-2-9(14-5-1)10-12-7-8-6-11-3-4-13(8)10/h1-2,5,7,11H,3-4,6H2. The molecule has 4 nitrogen and oxygen atoms in total. The maximum atomic E-state index is 5.34. The first-order valence-corrected chi connectivity index (χ1v) is 4.74. The molecule has 0 atom stereocenters. The number of aromatic nitrogens is 2. The van der Waals surface area contributed by atoms with E-state index in [0.29, 0.717) is 0 Å². The van der Waals surface area contributed by atoms with Gasteiger partial charge in [-0.15, -0.1) is 0 Å². The highest BCUT2D eigenvalue weighted by atomic mass is 16.3. The fourth-order valence-electron chi connectivity index (χ4n) is 1.81. The van der Waals surface area contributed by atoms with Crippen molar-refractivity contribution in [2.45, 2.75) is 13.1 Å². The summed E-state index contributed by atoms with van der Waals surface area (Å²) in [6, 6.07) is 3.83. The van der Waals surface area contributed by atoms with Crippen LogP contribution in [0.1, 0.15) is 5.69 Å². The van der Waals surface area contributed by atoms with Crippen LogP contribution in [0.3, 0.4) is 0 Å². The van der Waals surface area contributed by atoms with E-state index in [9.17, 15) is 0 Å². The highest BCUT2D eigenvalue weighted by Gasteiger charge is 2.15. The van der Waals surface area contributed by atoms with Crippen LogP contribution in [0.15, 0.2) is 29.0 Å². The van der Waals surface area contributed by atoms with Crippen LogP contribution in [0.5, 0.6) is 0 Å². The fraction of sp³-hybridized carbons (Fsp3) is 0.300. The predicted octanol–water partition coefficient (Wildman–Crippen LogP) is 1.25. The molecule has 2 aromatic heterocycles. The van der Waals surface area contributed by atoms with E-state index in [0.717, 1.165) is 31.2 Å². The Morgan fingerprint density at radius 2 is 2.50 bits per heavy atom. The molecule has 0 radical (unpaired) electrons. The number of imidazole rings is 1. The van der Waals surface area contributed by atoms with E-state index in [1.54, 1.807) is 6.26 Å². The number of nitrogens with one attached hydrogen (secondary N) is 1. The molecule has 0 bridgehead atoms. The summed E-state index contributed by atoms with van der Waals surface area (Å²) < 4.78 is 7.54. The van der Waals surface area contributed by atoms with E-state index in [4.69, 9.17) is 4.42 Å². The number of rotatable bonds is 1. The normalized spacial score (nSPS) is 15.4. The van der Waals surface area contributed by atoms with Crippen molar-refractivity contribution in [3.63, 3.8) is 0 Å². The summed E-state index contributed by atoms with van der Waals surface area (Å²) in [5.74, 6) is 1.78. The fourth-order valence-corrected chi connectivity index (χ4v) is 1.81. The molecule has 0 saturated carbocycles. The van der Waals surface area contributed by atoms with Crippen molar-refractivity contribution >= 4 is 0 Å². The van der Waals surface area contributed by atoms with Crippen LogP contribution in [-0.2, 0) is 13.1 Å². The van der Waals surface area contributed by atoms with Crippen LogP contribution in [0.25, 0.3) is 11.6 Å². The number of nitrogens with zero attached hydrogens (tertiary/aromatic N) is 2. The lowest BCUT2D eigenvalue weighted by Crippen LogP contribution is -2.27. The van der Waals surface area contributed by atoms with Gasteiger partial charge < -0.3 is 14.3 Å². The third kappa shape index (κ3) is 1.08. The summed E-state index contributed by atoms with van der Waals surface area (Å²) in [6.07, 6.45) is 3.59. The first-order chi connectivity index (χ1) is 6.95. The third-order valence-electron chi connectivity index (χ3n) is 2.50. The lowest BCUT2D eigenvalue weighted by molar-refractivity contribution is 0.508. The van der Waals surface area contributed by atoms with Crippen molar-refractivity contribution in [2.75, 3.05) is 6.54 Å². The zero-order chi connectivity index (χ0) is 9.38. The third-order valence-corrected chi connectivity index (χ3v) is 2.50. The molecular weight excluding hydrogens is 178 g/mol. The van der Waals surface area contributed by atoms with Crippen molar-refractivity contribution < 1.29 is 4.42 Å². The number of hydrogen-bond donors (Lipinski definition) is 1. The Bertz CT molecular complexity index is 430. The summed E-state index contributed by atoms with van der Waals surface area (Å²) in [5.41, 5.74) is 1.22. The van der Waals surface area contributed by atoms with Gasteiger partial charge in [-0.3, -0.25) is 0 Å². The number of furan rings is 1. The molecular formula is C10H11N3O. The Morgan fingerprint density at radius 1 is 1.50 bits per heavy atom. The maximum Gasteiger partial charge on any atom is 0.176 e. The molecule has 0 aromatic carbocycles. The Morgan fingerprint density at radius 3 is 3.36 bits per heavy atom. The van der Waals surface area contributed by atoms with Gasteiger partial charge in [0, 0.05) is 19.6 Å². The van der Waals surface area contributed by atoms with Crippen molar-refractivity contribution in [1.29, 1.82) is 0 Å². The van der Waals surface area contributed by atoms with E-state index >= 15 is 0 Å².